The molecule has 0 amide bonds. The third-order valence-electron chi connectivity index (χ3n) is 9.99. The number of rotatable bonds is 4. The van der Waals surface area contributed by atoms with Gasteiger partial charge in [0.05, 0.1) is 5.56 Å². The topological polar surface area (TPSA) is 17.0 Å². The van der Waals surface area contributed by atoms with Crippen LogP contribution in [0.5, 0.6) is 0 Å². The first-order valence-corrected chi connectivity index (χ1v) is 16.4. The minimum atomic E-state index is 0.234. The van der Waals surface area contributed by atoms with E-state index >= 15 is 0 Å². The maximum atomic E-state index is 7.02. The summed E-state index contributed by atoms with van der Waals surface area (Å²) in [6.45, 7) is 9.16. The van der Waals surface area contributed by atoms with Gasteiger partial charge in [0.15, 0.2) is 6.20 Å². The molecule has 0 atom stereocenters. The van der Waals surface area contributed by atoms with Crippen molar-refractivity contribution in [1.29, 1.82) is 0 Å². The molecule has 5 aromatic rings. The molecule has 2 aromatic heterocycles. The standard InChI is InChI=1S/C40H46NO/c1-26-18-19-35-34-17-11-16-33(32-21-20-29(28-12-7-6-8-13-28)30-14-9-10-15-31(30)32)38(34)42-39(35)37(26)36-24-27(22-23-41(36)5)25-40(2,3)4/h11,16-24,28H,6-10,12-15,25H2,1-5H3/q+1. The van der Waals surface area contributed by atoms with Crippen molar-refractivity contribution >= 4 is 21.9 Å². The monoisotopic (exact) mass is 556 g/mol. The smallest absolute Gasteiger partial charge is 0.216 e. The van der Waals surface area contributed by atoms with E-state index in [0.717, 1.165) is 23.5 Å². The lowest BCUT2D eigenvalue weighted by molar-refractivity contribution is -0.660. The Balaban J connectivity index is 1.41. The first kappa shape index (κ1) is 27.4. The van der Waals surface area contributed by atoms with E-state index in [-0.39, 0.29) is 5.41 Å². The van der Waals surface area contributed by atoms with Crippen LogP contribution in [-0.4, -0.2) is 0 Å². The molecule has 0 aliphatic heterocycles. The number of furan rings is 1. The van der Waals surface area contributed by atoms with Crippen LogP contribution in [0.4, 0.5) is 0 Å². The van der Waals surface area contributed by atoms with Crippen molar-refractivity contribution in [2.45, 2.75) is 97.8 Å². The van der Waals surface area contributed by atoms with Gasteiger partial charge in [-0.25, -0.2) is 4.57 Å². The lowest BCUT2D eigenvalue weighted by atomic mass is 9.76. The number of aryl methyl sites for hydroxylation is 2. The summed E-state index contributed by atoms with van der Waals surface area (Å²) in [5.74, 6) is 0.752. The van der Waals surface area contributed by atoms with Crippen molar-refractivity contribution in [3.63, 3.8) is 0 Å². The third kappa shape index (κ3) is 4.87. The van der Waals surface area contributed by atoms with E-state index < -0.39 is 0 Å². The molecule has 2 heteroatoms. The molecular weight excluding hydrogens is 510 g/mol. The van der Waals surface area contributed by atoms with Crippen molar-refractivity contribution < 1.29 is 8.98 Å². The highest BCUT2D eigenvalue weighted by molar-refractivity contribution is 6.13. The molecule has 7 rings (SSSR count). The second-order valence-corrected chi connectivity index (χ2v) is 14.4. The molecule has 42 heavy (non-hydrogen) atoms. The van der Waals surface area contributed by atoms with Gasteiger partial charge in [-0.05, 0) is 96.6 Å². The van der Waals surface area contributed by atoms with E-state index in [9.17, 15) is 0 Å². The number of pyridine rings is 1. The summed E-state index contributed by atoms with van der Waals surface area (Å²) in [6, 6.07) is 20.9. The second-order valence-electron chi connectivity index (χ2n) is 14.4. The van der Waals surface area contributed by atoms with Crippen molar-refractivity contribution in [3.8, 4) is 22.4 Å². The zero-order chi connectivity index (χ0) is 29.0. The Hall–Kier alpha value is -3.39. The molecule has 1 fully saturated rings. The molecule has 2 heterocycles. The Morgan fingerprint density at radius 1 is 0.786 bits per heavy atom. The number of para-hydroxylation sites is 1. The lowest BCUT2D eigenvalue weighted by Gasteiger charge is -2.29. The molecule has 216 valence electrons. The molecule has 2 aliphatic carbocycles. The maximum absolute atomic E-state index is 7.02. The van der Waals surface area contributed by atoms with Crippen LogP contribution >= 0.6 is 0 Å². The van der Waals surface area contributed by atoms with E-state index in [1.165, 1.54) is 102 Å². The van der Waals surface area contributed by atoms with E-state index in [1.54, 1.807) is 16.7 Å². The number of hydrogen-bond donors (Lipinski definition) is 0. The van der Waals surface area contributed by atoms with Crippen LogP contribution in [0.3, 0.4) is 0 Å². The van der Waals surface area contributed by atoms with Crippen LogP contribution in [0.2, 0.25) is 0 Å². The Bertz CT molecular complexity index is 1790. The van der Waals surface area contributed by atoms with Gasteiger partial charge in [0.25, 0.3) is 0 Å². The Kier molecular flexibility index (Phi) is 7.00. The molecule has 0 bridgehead atoms. The van der Waals surface area contributed by atoms with Crippen LogP contribution in [0.25, 0.3) is 44.3 Å². The molecule has 0 unspecified atom stereocenters. The van der Waals surface area contributed by atoms with Crippen molar-refractivity contribution in [2.75, 3.05) is 0 Å². The maximum Gasteiger partial charge on any atom is 0.216 e. The van der Waals surface area contributed by atoms with Gasteiger partial charge >= 0.3 is 0 Å². The zero-order valence-corrected chi connectivity index (χ0v) is 26.3. The van der Waals surface area contributed by atoms with Crippen LogP contribution < -0.4 is 4.57 Å². The summed E-state index contributed by atoms with van der Waals surface area (Å²) in [7, 11) is 2.16. The van der Waals surface area contributed by atoms with E-state index in [1.807, 2.05) is 0 Å². The number of nitrogens with zero attached hydrogens (tertiary/aromatic N) is 1. The van der Waals surface area contributed by atoms with Crippen LogP contribution in [0.1, 0.15) is 99.5 Å². The molecule has 0 N–H and O–H groups in total. The SMILES string of the molecule is Cc1ccc2c(oc3c(-c4ccc(C5CCCCC5)c5c4CCCC5)cccc32)c1-c1cc(CC(C)(C)C)cc[n+]1C. The summed E-state index contributed by atoms with van der Waals surface area (Å²) in [4.78, 5) is 0. The second kappa shape index (κ2) is 10.7. The average molecular weight is 557 g/mol. The number of benzene rings is 3. The van der Waals surface area contributed by atoms with Crippen molar-refractivity contribution in [1.82, 2.24) is 0 Å². The molecule has 3 aromatic carbocycles. The van der Waals surface area contributed by atoms with Crippen LogP contribution in [0, 0.1) is 12.3 Å². The molecule has 2 nitrogen and oxygen atoms in total. The fourth-order valence-electron chi connectivity index (χ4n) is 8.02. The van der Waals surface area contributed by atoms with Gasteiger partial charge in [0.2, 0.25) is 5.69 Å². The first-order chi connectivity index (χ1) is 20.3. The minimum absolute atomic E-state index is 0.234. The minimum Gasteiger partial charge on any atom is -0.454 e. The van der Waals surface area contributed by atoms with Gasteiger partial charge < -0.3 is 4.42 Å². The highest BCUT2D eigenvalue weighted by Crippen LogP contribution is 2.45. The molecule has 2 aliphatic rings. The van der Waals surface area contributed by atoms with Crippen molar-refractivity contribution in [2.24, 2.45) is 12.5 Å². The van der Waals surface area contributed by atoms with Gasteiger partial charge in [-0.2, -0.15) is 0 Å². The zero-order valence-electron chi connectivity index (χ0n) is 26.3. The predicted molar refractivity (Wildman–Crippen MR) is 176 cm³/mol. The lowest BCUT2D eigenvalue weighted by Crippen LogP contribution is -2.31. The molecule has 0 spiro atoms. The largest absolute Gasteiger partial charge is 0.454 e. The number of aromatic nitrogens is 1. The average Bonchev–Trinajstić information content (AvgIpc) is 3.36. The van der Waals surface area contributed by atoms with E-state index in [2.05, 4.69) is 100 Å². The van der Waals surface area contributed by atoms with Gasteiger partial charge in [-0.3, -0.25) is 0 Å². The first-order valence-electron chi connectivity index (χ1n) is 16.4. The molecule has 1 saturated carbocycles. The fraction of sp³-hybridized carbons (Fsp3) is 0.425. The fourth-order valence-corrected chi connectivity index (χ4v) is 8.02. The van der Waals surface area contributed by atoms with Crippen LogP contribution in [0.15, 0.2) is 65.2 Å². The van der Waals surface area contributed by atoms with Gasteiger partial charge in [0.1, 0.15) is 18.2 Å². The highest BCUT2D eigenvalue weighted by Gasteiger charge is 2.27. The van der Waals surface area contributed by atoms with Gasteiger partial charge in [0, 0.05) is 28.5 Å². The third-order valence-corrected chi connectivity index (χ3v) is 9.99. The van der Waals surface area contributed by atoms with Gasteiger partial charge in [-0.1, -0.05) is 82.5 Å². The Morgan fingerprint density at radius 3 is 2.33 bits per heavy atom. The van der Waals surface area contributed by atoms with Crippen LogP contribution in [-0.2, 0) is 26.3 Å². The quantitative estimate of drug-likeness (QED) is 0.201. The normalized spacial score (nSPS) is 16.3. The number of fused-ring (bicyclic) bond motifs is 4. The molecule has 0 radical (unpaired) electrons. The van der Waals surface area contributed by atoms with Gasteiger partial charge in [-0.15, -0.1) is 0 Å². The summed E-state index contributed by atoms with van der Waals surface area (Å²) in [5, 5.41) is 2.43. The summed E-state index contributed by atoms with van der Waals surface area (Å²) in [5.41, 5.74) is 14.9. The summed E-state index contributed by atoms with van der Waals surface area (Å²) < 4.78 is 9.28. The Labute approximate surface area is 251 Å². The summed E-state index contributed by atoms with van der Waals surface area (Å²) in [6.07, 6.45) is 15.2. The predicted octanol–water partition coefficient (Wildman–Crippen LogP) is 10.6. The Morgan fingerprint density at radius 2 is 1.55 bits per heavy atom. The van der Waals surface area contributed by atoms with E-state index in [0.29, 0.717) is 0 Å². The molecule has 0 saturated heterocycles. The molecular formula is C40H46NO+. The highest BCUT2D eigenvalue weighted by atomic mass is 16.3. The van der Waals surface area contributed by atoms with Crippen molar-refractivity contribution in [3.05, 3.63) is 88.6 Å². The van der Waals surface area contributed by atoms with E-state index in [4.69, 9.17) is 4.42 Å². The summed E-state index contributed by atoms with van der Waals surface area (Å²) >= 11 is 0. The number of hydrogen-bond acceptors (Lipinski definition) is 1.